The summed E-state index contributed by atoms with van der Waals surface area (Å²) in [5, 5.41) is 0. The number of hydrogen-bond donors (Lipinski definition) is 0. The van der Waals surface area contributed by atoms with Gasteiger partial charge in [-0.25, -0.2) is 0 Å². The molecule has 200 valence electrons. The van der Waals surface area contributed by atoms with Crippen molar-refractivity contribution in [3.05, 3.63) is 215 Å². The van der Waals surface area contributed by atoms with E-state index < -0.39 is 9.49 Å². The molecule has 6 aromatic rings. The van der Waals surface area contributed by atoms with Crippen molar-refractivity contribution in [2.75, 3.05) is 0 Å². The van der Waals surface area contributed by atoms with Gasteiger partial charge >= 0.3 is 0 Å². The zero-order valence-electron chi connectivity index (χ0n) is 22.5. The first kappa shape index (κ1) is 27.5. The third kappa shape index (κ3) is 5.50. The Morgan fingerprint density at radius 3 is 0.585 bits per heavy atom. The van der Waals surface area contributed by atoms with E-state index in [0.29, 0.717) is 0 Å². The molecule has 0 amide bonds. The maximum atomic E-state index is 2.26. The van der Waals surface area contributed by atoms with E-state index >= 15 is 0 Å². The van der Waals surface area contributed by atoms with Crippen LogP contribution in [0.5, 0.6) is 0 Å². The van der Waals surface area contributed by atoms with Crippen molar-refractivity contribution in [2.45, 2.75) is 9.49 Å². The lowest BCUT2D eigenvalue weighted by atomic mass is 9.84. The van der Waals surface area contributed by atoms with Crippen LogP contribution in [0.4, 0.5) is 0 Å². The molecule has 0 N–H and O–H groups in total. The van der Waals surface area contributed by atoms with Crippen LogP contribution in [0.25, 0.3) is 0 Å². The van der Waals surface area contributed by atoms with Crippen LogP contribution in [0, 0.1) is 0 Å². The Labute approximate surface area is 255 Å². The van der Waals surface area contributed by atoms with Gasteiger partial charge in [-0.15, -0.1) is 0 Å². The Hall–Kier alpha value is -3.63. The van der Waals surface area contributed by atoms with Crippen molar-refractivity contribution in [3.63, 3.8) is 0 Å². The van der Waals surface area contributed by atoms with Crippen molar-refractivity contribution in [2.24, 2.45) is 0 Å². The fourth-order valence-corrected chi connectivity index (χ4v) is 11.7. The minimum atomic E-state index is -0.406. The summed E-state index contributed by atoms with van der Waals surface area (Å²) in [6.45, 7) is 0. The molecule has 0 fully saturated rings. The monoisotopic (exact) mass is 582 g/mol. The van der Waals surface area contributed by atoms with Gasteiger partial charge in [0.1, 0.15) is 9.49 Å². The zero-order chi connectivity index (χ0) is 27.8. The van der Waals surface area contributed by atoms with Gasteiger partial charge < -0.3 is 0 Å². The van der Waals surface area contributed by atoms with Crippen LogP contribution in [-0.2, 0) is 9.49 Å². The van der Waals surface area contributed by atoms with Gasteiger partial charge in [0.25, 0.3) is 0 Å². The predicted molar refractivity (Wildman–Crippen MR) is 181 cm³/mol. The summed E-state index contributed by atoms with van der Waals surface area (Å²) in [6, 6.07) is 65.5. The molecule has 41 heavy (non-hydrogen) atoms. The summed E-state index contributed by atoms with van der Waals surface area (Å²) in [5.74, 6) is 0. The summed E-state index contributed by atoms with van der Waals surface area (Å²) in [6.07, 6.45) is 0. The molecule has 0 bridgehead atoms. The van der Waals surface area contributed by atoms with Gasteiger partial charge in [-0.05, 0) is 43.2 Å². The Bertz CT molecular complexity index is 1300. The first-order chi connectivity index (χ1) is 20.3. The minimum Gasteiger partial charge on any atom is -0.0622 e. The topological polar surface area (TPSA) is 0 Å². The molecule has 0 aliphatic carbocycles. The molecule has 0 aliphatic rings. The summed E-state index contributed by atoms with van der Waals surface area (Å²) in [4.78, 5) is 0. The highest BCUT2D eigenvalue weighted by atomic mass is 33.5. The normalized spacial score (nSPS) is 11.7. The average Bonchev–Trinajstić information content (AvgIpc) is 3.08. The quantitative estimate of drug-likeness (QED) is 0.116. The van der Waals surface area contributed by atoms with Crippen LogP contribution in [-0.4, -0.2) is 0 Å². The highest BCUT2D eigenvalue weighted by molar-refractivity contribution is 9.09. The molecule has 3 heteroatoms. The molecule has 0 spiro atoms. The number of rotatable bonds is 10. The Morgan fingerprint density at radius 1 is 0.244 bits per heavy atom. The van der Waals surface area contributed by atoms with Crippen molar-refractivity contribution in [3.8, 4) is 0 Å². The molecule has 6 aromatic carbocycles. The third-order valence-corrected chi connectivity index (χ3v) is 12.6. The van der Waals surface area contributed by atoms with Crippen molar-refractivity contribution in [1.82, 2.24) is 0 Å². The van der Waals surface area contributed by atoms with Gasteiger partial charge in [0.15, 0.2) is 0 Å². The maximum absolute atomic E-state index is 2.26. The van der Waals surface area contributed by atoms with Gasteiger partial charge in [-0.1, -0.05) is 204 Å². The lowest BCUT2D eigenvalue weighted by Gasteiger charge is -2.38. The van der Waals surface area contributed by atoms with E-state index in [2.05, 4.69) is 182 Å². The van der Waals surface area contributed by atoms with Gasteiger partial charge in [-0.3, -0.25) is 0 Å². The second-order valence-corrected chi connectivity index (χ2v) is 14.1. The van der Waals surface area contributed by atoms with Crippen LogP contribution < -0.4 is 0 Å². The van der Waals surface area contributed by atoms with E-state index in [1.54, 1.807) is 0 Å². The fraction of sp³-hybridized carbons (Fsp3) is 0.0526. The largest absolute Gasteiger partial charge is 0.102 e. The summed E-state index contributed by atoms with van der Waals surface area (Å²) in [5.41, 5.74) is 7.58. The second kappa shape index (κ2) is 12.9. The van der Waals surface area contributed by atoms with E-state index in [4.69, 9.17) is 0 Å². The molecule has 0 aromatic heterocycles. The average molecular weight is 583 g/mol. The number of benzene rings is 6. The third-order valence-electron chi connectivity index (χ3n) is 7.40. The molecule has 0 unspecified atom stereocenters. The van der Waals surface area contributed by atoms with Crippen molar-refractivity contribution >= 4 is 31.4 Å². The highest BCUT2D eigenvalue weighted by Gasteiger charge is 2.42. The van der Waals surface area contributed by atoms with Crippen LogP contribution in [0.3, 0.4) is 0 Å². The number of hydrogen-bond acceptors (Lipinski definition) is 3. The fourth-order valence-electron chi connectivity index (χ4n) is 5.44. The van der Waals surface area contributed by atoms with E-state index in [1.807, 2.05) is 31.4 Å². The van der Waals surface area contributed by atoms with Gasteiger partial charge in [0.2, 0.25) is 0 Å². The Morgan fingerprint density at radius 2 is 0.415 bits per heavy atom. The molecular weight excluding hydrogens is 553 g/mol. The molecule has 0 radical (unpaired) electrons. The summed E-state index contributed by atoms with van der Waals surface area (Å²) in [7, 11) is 5.71. The Kier molecular flexibility index (Phi) is 8.67. The molecule has 0 saturated heterocycles. The molecule has 6 rings (SSSR count). The first-order valence-corrected chi connectivity index (χ1v) is 17.2. The molecule has 0 aliphatic heterocycles. The minimum absolute atomic E-state index is 0.406. The molecule has 0 atom stereocenters. The van der Waals surface area contributed by atoms with Crippen LogP contribution >= 0.6 is 31.4 Å². The maximum Gasteiger partial charge on any atom is 0.102 e. The summed E-state index contributed by atoms with van der Waals surface area (Å²) >= 11 is 0. The van der Waals surface area contributed by atoms with E-state index in [1.165, 1.54) is 33.4 Å². The Balaban J connectivity index is 1.50. The smallest absolute Gasteiger partial charge is 0.0622 e. The molecule has 0 nitrogen and oxygen atoms in total. The SMILES string of the molecule is c1ccc(C(SSSC(c2ccccc2)(c2ccccc2)c2ccccc2)(c2ccccc2)c2ccccc2)cc1. The van der Waals surface area contributed by atoms with Crippen molar-refractivity contribution < 1.29 is 0 Å². The van der Waals surface area contributed by atoms with Crippen LogP contribution in [0.15, 0.2) is 182 Å². The second-order valence-electron chi connectivity index (χ2n) is 9.79. The lowest BCUT2D eigenvalue weighted by Crippen LogP contribution is -2.26. The summed E-state index contributed by atoms with van der Waals surface area (Å²) < 4.78 is -0.811. The van der Waals surface area contributed by atoms with Crippen LogP contribution in [0.1, 0.15) is 33.4 Å². The van der Waals surface area contributed by atoms with Gasteiger partial charge in [-0.2, -0.15) is 0 Å². The van der Waals surface area contributed by atoms with E-state index in [-0.39, 0.29) is 0 Å². The lowest BCUT2D eigenvalue weighted by molar-refractivity contribution is 0.901. The zero-order valence-corrected chi connectivity index (χ0v) is 25.0. The highest BCUT2D eigenvalue weighted by Crippen LogP contribution is 2.62. The van der Waals surface area contributed by atoms with Crippen LogP contribution in [0.2, 0.25) is 0 Å². The van der Waals surface area contributed by atoms with E-state index in [9.17, 15) is 0 Å². The standard InChI is InChI=1S/C38H30S3/c1-7-19-31(20-8-1)37(32-21-9-2-10-22-32,33-23-11-3-12-24-33)39-41-40-38(34-25-13-4-14-26-34,35-27-15-5-16-28-35)36-29-17-6-18-30-36/h1-30H. The van der Waals surface area contributed by atoms with E-state index in [0.717, 1.165) is 0 Å². The molecular formula is C38H30S3. The predicted octanol–water partition coefficient (Wildman–Crippen LogP) is 11.0. The van der Waals surface area contributed by atoms with Gasteiger partial charge in [0.05, 0.1) is 0 Å². The molecule has 0 saturated carbocycles. The first-order valence-electron chi connectivity index (χ1n) is 13.7. The van der Waals surface area contributed by atoms with Gasteiger partial charge in [0, 0.05) is 0 Å². The van der Waals surface area contributed by atoms with Crippen molar-refractivity contribution in [1.29, 1.82) is 0 Å². The molecule has 0 heterocycles.